The fourth-order valence-corrected chi connectivity index (χ4v) is 9.00. The van der Waals surface area contributed by atoms with Gasteiger partial charge in [0.2, 0.25) is 34.8 Å². The van der Waals surface area contributed by atoms with Gasteiger partial charge in [0.05, 0.1) is 0 Å². The summed E-state index contributed by atoms with van der Waals surface area (Å²) in [5.41, 5.74) is 12.3. The number of carbonyl (C=O) groups is 21. The van der Waals surface area contributed by atoms with Crippen molar-refractivity contribution in [3.8, 4) is 5.75 Å². The zero-order valence-electron chi connectivity index (χ0n) is 77.5. The average molecular weight is 1960 g/mol. The first-order chi connectivity index (χ1) is 62.8. The van der Waals surface area contributed by atoms with Crippen LogP contribution in [0.5, 0.6) is 5.75 Å². The van der Waals surface area contributed by atoms with Crippen LogP contribution in [0.3, 0.4) is 0 Å². The van der Waals surface area contributed by atoms with Crippen molar-refractivity contribution in [1.29, 1.82) is 0 Å². The van der Waals surface area contributed by atoms with Crippen molar-refractivity contribution >= 4 is 125 Å². The molecule has 0 bridgehead atoms. The summed E-state index contributed by atoms with van der Waals surface area (Å²) >= 11 is 0. The van der Waals surface area contributed by atoms with Crippen molar-refractivity contribution in [3.05, 3.63) is 102 Å². The summed E-state index contributed by atoms with van der Waals surface area (Å²) in [4.78, 5) is 248. The summed E-state index contributed by atoms with van der Waals surface area (Å²) in [5, 5.41) is 16.1. The van der Waals surface area contributed by atoms with Gasteiger partial charge in [-0.05, 0) is 181 Å². The molecule has 52 heteroatoms. The molecule has 0 unspecified atom stereocenters. The minimum absolute atomic E-state index is 0.00839. The molecule has 136 heavy (non-hydrogen) atoms. The molecular weight excluding hydrogens is 1840 g/mol. The number of ketones is 3. The number of hydroxylamine groups is 3. The summed E-state index contributed by atoms with van der Waals surface area (Å²) in [5.74, 6) is -23.0. The minimum Gasteiger partial charge on any atom is -0.478 e. The molecule has 5 aliphatic rings. The van der Waals surface area contributed by atoms with E-state index in [9.17, 15) is 136 Å². The fraction of sp³-hybridized carbons (Fsp3) is 0.536. The Morgan fingerprint density at radius 1 is 0.360 bits per heavy atom. The lowest BCUT2D eigenvalue weighted by Crippen LogP contribution is -2.37. The molecule has 0 aromatic heterocycles. The first-order valence-corrected chi connectivity index (χ1v) is 41.1. The highest BCUT2D eigenvalue weighted by atomic mass is 19.4. The Bertz CT molecular complexity index is 4400. The SMILES string of the molecule is CC(C)(C)OC(=O)NCCCCC(=O)/C=C\C(=O)O.CC(C)(C)OC(=O)NCCCN.CC(C)(C)OC(=O)NCCCN1C(=O)C=CC1=O.CC(C)(C)OC(=O)NOCC(=O)CCCCN1C(=O)C=CC1=O.CC(C)(C)OC(=O)NOCC(=O)Oc1c(F)c(F)c(F)c(F)c1F.NCCCN1C(=O)C=CC1=O.O=C(CCCCN1C(=O)C=CC1=O)CONC(=O)C(F)(F)F.O=C1C=CC(=O)O1. The lowest BCUT2D eigenvalue weighted by molar-refractivity contribution is -0.186. The number of alkyl carbamates (subject to hydrolysis) is 3. The molecule has 44 nitrogen and oxygen atoms in total. The topological polar surface area (TPSA) is 608 Å². The molecule has 0 fully saturated rings. The highest BCUT2D eigenvalue weighted by Gasteiger charge is 2.39. The number of hydrogen-bond acceptors (Lipinski definition) is 33. The second-order valence-electron chi connectivity index (χ2n) is 32.6. The van der Waals surface area contributed by atoms with Crippen molar-refractivity contribution in [1.82, 2.24) is 52.0 Å². The molecule has 5 heterocycles. The number of nitrogens with one attached hydrogen (secondary N) is 6. The van der Waals surface area contributed by atoms with Gasteiger partial charge in [0.1, 0.15) is 41.2 Å². The zero-order chi connectivity index (χ0) is 105. The number of carboxylic acids is 1. The van der Waals surface area contributed by atoms with Crippen LogP contribution in [0.1, 0.15) is 181 Å². The van der Waals surface area contributed by atoms with E-state index in [-0.39, 0.29) is 92.1 Å². The quantitative estimate of drug-likeness (QED) is 0.00290. The molecule has 1 aromatic rings. The van der Waals surface area contributed by atoms with Crippen molar-refractivity contribution in [2.75, 3.05) is 78.7 Å². The van der Waals surface area contributed by atoms with Gasteiger partial charge in [0.25, 0.3) is 47.3 Å². The number of nitrogens with two attached hydrogens (primary N) is 2. The van der Waals surface area contributed by atoms with E-state index in [4.69, 9.17) is 45.1 Å². The minimum atomic E-state index is -5.08. The zero-order valence-corrected chi connectivity index (χ0v) is 77.5. The molecule has 14 amide bonds. The fourth-order valence-electron chi connectivity index (χ4n) is 9.00. The van der Waals surface area contributed by atoms with E-state index >= 15 is 0 Å². The largest absolute Gasteiger partial charge is 0.478 e. The maximum absolute atomic E-state index is 13.3. The summed E-state index contributed by atoms with van der Waals surface area (Å²) < 4.78 is 133. The number of allylic oxidation sites excluding steroid dienone is 1. The molecule has 6 rings (SSSR count). The first-order valence-electron chi connectivity index (χ1n) is 41.1. The van der Waals surface area contributed by atoms with Crippen LogP contribution in [0.15, 0.2) is 72.9 Å². The highest BCUT2D eigenvalue weighted by molar-refractivity contribution is 6.15. The monoisotopic (exact) mass is 1960 g/mol. The van der Waals surface area contributed by atoms with Gasteiger partial charge in [-0.15, -0.1) is 0 Å². The molecule has 11 N–H and O–H groups in total. The maximum atomic E-state index is 13.3. The van der Waals surface area contributed by atoms with Crippen molar-refractivity contribution in [3.63, 3.8) is 0 Å². The lowest BCUT2D eigenvalue weighted by Gasteiger charge is -2.20. The van der Waals surface area contributed by atoms with Crippen LogP contribution in [0.4, 0.5) is 59.1 Å². The molecular formula is C84H116F8N12O32. The Kier molecular flexibility index (Phi) is 57.4. The summed E-state index contributed by atoms with van der Waals surface area (Å²) in [6.07, 6.45) is 10.9. The number of amides is 14. The predicted octanol–water partition coefficient (Wildman–Crippen LogP) is 6.58. The number of cyclic esters (lactones) is 2. The number of alkyl halides is 3. The summed E-state index contributed by atoms with van der Waals surface area (Å²) in [7, 11) is 0. The molecule has 0 radical (unpaired) electrons. The van der Waals surface area contributed by atoms with Gasteiger partial charge < -0.3 is 65.7 Å². The number of carbonyl (C=O) groups excluding carboxylic acids is 20. The Morgan fingerprint density at radius 3 is 0.956 bits per heavy atom. The van der Waals surface area contributed by atoms with E-state index in [2.05, 4.69) is 35.1 Å². The van der Waals surface area contributed by atoms with Crippen molar-refractivity contribution in [2.24, 2.45) is 11.5 Å². The number of nitrogens with zero attached hydrogens (tertiary/aromatic N) is 4. The van der Waals surface area contributed by atoms with Crippen molar-refractivity contribution in [2.45, 2.75) is 215 Å². The van der Waals surface area contributed by atoms with Gasteiger partial charge in [-0.25, -0.2) is 61.8 Å². The Balaban J connectivity index is 0. The van der Waals surface area contributed by atoms with Crippen LogP contribution < -0.4 is 48.6 Å². The molecule has 0 atom stereocenters. The van der Waals surface area contributed by atoms with E-state index in [0.29, 0.717) is 97.2 Å². The van der Waals surface area contributed by atoms with Crippen LogP contribution in [0.25, 0.3) is 0 Å². The number of rotatable bonds is 37. The van der Waals surface area contributed by atoms with E-state index in [1.165, 1.54) is 41.4 Å². The second-order valence-corrected chi connectivity index (χ2v) is 32.6. The number of carboxylic acid groups (broad SMARTS) is 1. The molecule has 0 aliphatic carbocycles. The molecule has 0 spiro atoms. The van der Waals surface area contributed by atoms with Crippen LogP contribution in [-0.4, -0.2) is 262 Å². The van der Waals surface area contributed by atoms with E-state index in [1.807, 2.05) is 26.3 Å². The average Bonchev–Trinajstić information content (AvgIpc) is 0.950. The molecule has 5 aliphatic heterocycles. The first kappa shape index (κ1) is 124. The van der Waals surface area contributed by atoms with Crippen molar-refractivity contribution < 1.29 is 189 Å². The van der Waals surface area contributed by atoms with E-state index < -0.39 is 154 Å². The van der Waals surface area contributed by atoms with Gasteiger partial charge in [0.15, 0.2) is 24.0 Å². The van der Waals surface area contributed by atoms with Gasteiger partial charge in [-0.1, -0.05) is 0 Å². The molecule has 760 valence electrons. The summed E-state index contributed by atoms with van der Waals surface area (Å²) in [6.45, 7) is 27.5. The third-order valence-corrected chi connectivity index (χ3v) is 14.7. The lowest BCUT2D eigenvalue weighted by atomic mass is 10.1. The number of aliphatic carboxylic acids is 1. The third kappa shape index (κ3) is 61.2. The Hall–Kier alpha value is -13.6. The van der Waals surface area contributed by atoms with Crippen LogP contribution in [-0.2, 0) is 120 Å². The van der Waals surface area contributed by atoms with Gasteiger partial charge in [0, 0.05) is 132 Å². The number of benzene rings is 1. The smallest absolute Gasteiger partial charge is 0.473 e. The molecule has 1 aromatic carbocycles. The Labute approximate surface area is 775 Å². The highest BCUT2D eigenvalue weighted by Crippen LogP contribution is 2.29. The molecule has 0 saturated carbocycles. The number of imide groups is 4. The number of unbranched alkanes of at least 4 members (excludes halogenated alkanes) is 3. The van der Waals surface area contributed by atoms with Crippen LogP contribution in [0.2, 0.25) is 0 Å². The number of hydrogen-bond donors (Lipinski definition) is 9. The van der Waals surface area contributed by atoms with E-state index in [1.54, 1.807) is 88.6 Å². The van der Waals surface area contributed by atoms with Crippen LogP contribution in [0, 0.1) is 29.1 Å². The van der Waals surface area contributed by atoms with Gasteiger partial charge >= 0.3 is 66.4 Å². The maximum Gasteiger partial charge on any atom is 0.473 e. The predicted molar refractivity (Wildman–Crippen MR) is 454 cm³/mol. The van der Waals surface area contributed by atoms with Crippen LogP contribution >= 0.6 is 0 Å². The summed E-state index contributed by atoms with van der Waals surface area (Å²) in [6, 6.07) is 0. The number of halogens is 8. The standard InChI is InChI=1S/C15H22N2O6.C13H12F5NO5.C13H21NO5.C12H13F3N2O5.C12H18N2O4.C8H18N2O2.C7H10N2O2.C4H2O3/c1-15(2,3)23-14(21)16-22-10-11(18)6-4-5-9-17-12(19)7-8-13(17)20;1-13(2,3)24-12(21)19-22-4-5(20)23-11-9(17)7(15)6(14)8(16)10(11)18;1-13(2,3)19-12(18)14-9-5-4-6-10(15)7-8-11(16)17;13-12(14,15)11(21)16-22-7-8(18)3-1-2-6-17-9(19)4-5-10(17)20;1-12(2,3)18-11(17)13-7-4-8-14-9(15)5-6-10(14)16;1-8(2,3)12-7(11)10-6-4-5-9;8-4-1-5-9-6(10)2-3-7(9)11;5-3-1-2-4(6)7-3/h7-8H,4-6,9-10H2,1-3H3,(H,16,21);4H2,1-3H3,(H,19,21);7-8H,4-6,9H2,1-3H3,(H,14,18)(H,16,17);4-5H,1-3,6-7H2,(H,16,21);5-6H,4,7-8H2,1-3H3,(H,13,17);4-6,9H2,1-3H3,(H,10,11);2-3H,1,4-5,8H2;1-2H/b;;8-7-;;;;;. The Morgan fingerprint density at radius 2 is 0.647 bits per heavy atom. The van der Waals surface area contributed by atoms with E-state index in [0.717, 1.165) is 63.1 Å². The number of Topliss-reactive ketones (excluding diaryl/α,β-unsaturated/α-hetero) is 2. The number of ether oxygens (including phenoxy) is 7. The second kappa shape index (κ2) is 62.8. The van der Waals surface area contributed by atoms with Gasteiger partial charge in [-0.3, -0.25) is 91.6 Å². The normalized spacial score (nSPS) is 13.6. The third-order valence-electron chi connectivity index (χ3n) is 14.7. The molecule has 0 saturated heterocycles. The van der Waals surface area contributed by atoms with Gasteiger partial charge in [-0.2, -0.15) is 32.9 Å². The number of esters is 3.